The Morgan fingerprint density at radius 1 is 1.48 bits per heavy atom. The zero-order valence-corrected chi connectivity index (χ0v) is 15.4. The molecule has 1 saturated heterocycles. The number of pyridine rings is 1. The van der Waals surface area contributed by atoms with Crippen molar-refractivity contribution in [3.05, 3.63) is 23.9 Å². The Morgan fingerprint density at radius 3 is 3.04 bits per heavy atom. The van der Waals surface area contributed by atoms with Gasteiger partial charge in [-0.05, 0) is 18.9 Å². The van der Waals surface area contributed by atoms with Crippen LogP contribution < -0.4 is 15.4 Å². The predicted octanol–water partition coefficient (Wildman–Crippen LogP) is 1.55. The molecule has 0 aliphatic carbocycles. The van der Waals surface area contributed by atoms with Gasteiger partial charge in [0.25, 0.3) is 0 Å². The van der Waals surface area contributed by atoms with Crippen molar-refractivity contribution >= 4 is 11.9 Å². The average Bonchev–Trinajstić information content (AvgIpc) is 3.12. The number of carbonyl (C=O) groups excluding carboxylic acids is 1. The van der Waals surface area contributed by atoms with Gasteiger partial charge in [-0.3, -0.25) is 9.79 Å². The van der Waals surface area contributed by atoms with Crippen molar-refractivity contribution in [1.82, 2.24) is 20.5 Å². The number of guanidine groups is 1. The van der Waals surface area contributed by atoms with Gasteiger partial charge in [-0.25, -0.2) is 4.98 Å². The Hall–Kier alpha value is -2.31. The van der Waals surface area contributed by atoms with Crippen molar-refractivity contribution in [2.75, 3.05) is 26.7 Å². The van der Waals surface area contributed by atoms with Crippen molar-refractivity contribution < 1.29 is 9.53 Å². The van der Waals surface area contributed by atoms with Gasteiger partial charge >= 0.3 is 0 Å². The first kappa shape index (κ1) is 19.0. The summed E-state index contributed by atoms with van der Waals surface area (Å²) >= 11 is 0. The quantitative estimate of drug-likeness (QED) is 0.578. The molecule has 0 saturated carbocycles. The molecule has 0 radical (unpaired) electrons. The molecule has 0 aromatic carbocycles. The Kier molecular flexibility index (Phi) is 7.50. The summed E-state index contributed by atoms with van der Waals surface area (Å²) in [4.78, 5) is 22.3. The van der Waals surface area contributed by atoms with Crippen LogP contribution in [0.2, 0.25) is 0 Å². The highest BCUT2D eigenvalue weighted by atomic mass is 16.5. The molecule has 2 N–H and O–H groups in total. The molecular weight excluding hydrogens is 318 g/mol. The van der Waals surface area contributed by atoms with E-state index < -0.39 is 0 Å². The lowest BCUT2D eigenvalue weighted by atomic mass is 10.2. The summed E-state index contributed by atoms with van der Waals surface area (Å²) in [6.07, 6.45) is 4.17. The second-order valence-corrected chi connectivity index (χ2v) is 6.07. The van der Waals surface area contributed by atoms with Gasteiger partial charge in [-0.2, -0.15) is 0 Å². The van der Waals surface area contributed by atoms with Crippen LogP contribution in [0, 0.1) is 0 Å². The fraction of sp³-hybridized carbons (Fsp3) is 0.611. The van der Waals surface area contributed by atoms with E-state index in [-0.39, 0.29) is 11.9 Å². The number of nitrogens with one attached hydrogen (secondary N) is 2. The third-order valence-corrected chi connectivity index (χ3v) is 4.15. The lowest BCUT2D eigenvalue weighted by Crippen LogP contribution is -2.44. The SMILES string of the molecule is CCCOc1ncccc1CNC(=NC)NC1CCN(C(=O)CC)C1. The summed E-state index contributed by atoms with van der Waals surface area (Å²) in [5.41, 5.74) is 0.994. The zero-order valence-electron chi connectivity index (χ0n) is 15.4. The first-order chi connectivity index (χ1) is 12.2. The van der Waals surface area contributed by atoms with Crippen molar-refractivity contribution in [1.29, 1.82) is 0 Å². The number of likely N-dealkylation sites (tertiary alicyclic amines) is 1. The van der Waals surface area contributed by atoms with Gasteiger partial charge < -0.3 is 20.3 Å². The first-order valence-corrected chi connectivity index (χ1v) is 8.99. The van der Waals surface area contributed by atoms with E-state index in [1.165, 1.54) is 0 Å². The molecule has 0 bridgehead atoms. The maximum Gasteiger partial charge on any atom is 0.222 e. The normalized spacial score (nSPS) is 17.5. The predicted molar refractivity (Wildman–Crippen MR) is 98.6 cm³/mol. The Morgan fingerprint density at radius 2 is 2.32 bits per heavy atom. The minimum absolute atomic E-state index is 0.209. The lowest BCUT2D eigenvalue weighted by molar-refractivity contribution is -0.129. The molecule has 1 aromatic rings. The van der Waals surface area contributed by atoms with Gasteiger partial charge in [-0.15, -0.1) is 0 Å². The molecule has 1 aromatic heterocycles. The topological polar surface area (TPSA) is 78.8 Å². The number of rotatable bonds is 7. The van der Waals surface area contributed by atoms with Gasteiger partial charge in [0.15, 0.2) is 5.96 Å². The van der Waals surface area contributed by atoms with Crippen molar-refractivity contribution in [2.45, 2.75) is 45.7 Å². The third-order valence-electron chi connectivity index (χ3n) is 4.15. The van der Waals surface area contributed by atoms with Gasteiger partial charge in [0.1, 0.15) is 0 Å². The summed E-state index contributed by atoms with van der Waals surface area (Å²) in [5, 5.41) is 6.69. The zero-order chi connectivity index (χ0) is 18.1. The van der Waals surface area contributed by atoms with Crippen LogP contribution in [0.5, 0.6) is 5.88 Å². The van der Waals surface area contributed by atoms with E-state index in [9.17, 15) is 4.79 Å². The summed E-state index contributed by atoms with van der Waals surface area (Å²) < 4.78 is 5.68. The summed E-state index contributed by atoms with van der Waals surface area (Å²) in [6.45, 7) is 6.73. The molecule has 7 heteroatoms. The van der Waals surface area contributed by atoms with Crippen LogP contribution >= 0.6 is 0 Å². The largest absolute Gasteiger partial charge is 0.477 e. The Balaban J connectivity index is 1.86. The molecule has 0 spiro atoms. The minimum Gasteiger partial charge on any atom is -0.477 e. The third kappa shape index (κ3) is 5.62. The molecule has 1 amide bonds. The number of nitrogens with zero attached hydrogens (tertiary/aromatic N) is 3. The molecule has 2 heterocycles. The highest BCUT2D eigenvalue weighted by Crippen LogP contribution is 2.14. The van der Waals surface area contributed by atoms with E-state index in [0.717, 1.165) is 37.5 Å². The van der Waals surface area contributed by atoms with Crippen LogP contribution in [0.4, 0.5) is 0 Å². The maximum absolute atomic E-state index is 11.8. The molecule has 138 valence electrons. The van der Waals surface area contributed by atoms with Crippen LogP contribution in [0.3, 0.4) is 0 Å². The van der Waals surface area contributed by atoms with Crippen molar-refractivity contribution in [2.24, 2.45) is 4.99 Å². The first-order valence-electron chi connectivity index (χ1n) is 8.99. The van der Waals surface area contributed by atoms with E-state index >= 15 is 0 Å². The van der Waals surface area contributed by atoms with Crippen LogP contribution in [0.25, 0.3) is 0 Å². The number of carbonyl (C=O) groups is 1. The van der Waals surface area contributed by atoms with Crippen LogP contribution in [-0.2, 0) is 11.3 Å². The number of aliphatic imine (C=N–C) groups is 1. The molecule has 1 atom stereocenters. The number of ether oxygens (including phenoxy) is 1. The smallest absolute Gasteiger partial charge is 0.222 e. The lowest BCUT2D eigenvalue weighted by Gasteiger charge is -2.19. The second-order valence-electron chi connectivity index (χ2n) is 6.07. The van der Waals surface area contributed by atoms with E-state index in [1.807, 2.05) is 24.0 Å². The molecular formula is C18H29N5O2. The van der Waals surface area contributed by atoms with Crippen LogP contribution in [-0.4, -0.2) is 54.5 Å². The van der Waals surface area contributed by atoms with E-state index in [0.29, 0.717) is 25.5 Å². The highest BCUT2D eigenvalue weighted by Gasteiger charge is 2.25. The van der Waals surface area contributed by atoms with Crippen molar-refractivity contribution in [3.8, 4) is 5.88 Å². The van der Waals surface area contributed by atoms with Gasteiger partial charge in [-0.1, -0.05) is 19.9 Å². The molecule has 25 heavy (non-hydrogen) atoms. The fourth-order valence-electron chi connectivity index (χ4n) is 2.78. The number of hydrogen-bond acceptors (Lipinski definition) is 4. The average molecular weight is 347 g/mol. The van der Waals surface area contributed by atoms with Crippen molar-refractivity contribution in [3.63, 3.8) is 0 Å². The Labute approximate surface area is 149 Å². The fourth-order valence-corrected chi connectivity index (χ4v) is 2.78. The molecule has 7 nitrogen and oxygen atoms in total. The van der Waals surface area contributed by atoms with Crippen LogP contribution in [0.1, 0.15) is 38.7 Å². The Bertz CT molecular complexity index is 591. The van der Waals surface area contributed by atoms with Gasteiger partial charge in [0, 0.05) is 50.9 Å². The molecule has 1 aliphatic heterocycles. The van der Waals surface area contributed by atoms with Gasteiger partial charge in [0.05, 0.1) is 6.61 Å². The minimum atomic E-state index is 0.209. The highest BCUT2D eigenvalue weighted by molar-refractivity contribution is 5.80. The molecule has 1 fully saturated rings. The second kappa shape index (κ2) is 9.86. The monoisotopic (exact) mass is 347 g/mol. The summed E-state index contributed by atoms with van der Waals surface area (Å²) in [7, 11) is 1.75. The van der Waals surface area contributed by atoms with Crippen LogP contribution in [0.15, 0.2) is 23.3 Å². The molecule has 2 rings (SSSR count). The number of amides is 1. The standard InChI is InChI=1S/C18H29N5O2/c1-4-11-25-17-14(7-6-9-20-17)12-21-18(19-3)22-15-8-10-23(13-15)16(24)5-2/h6-7,9,15H,4-5,8,10-13H2,1-3H3,(H2,19,21,22). The molecule has 1 unspecified atom stereocenters. The summed E-state index contributed by atoms with van der Waals surface area (Å²) in [6, 6.07) is 4.12. The number of aromatic nitrogens is 1. The van der Waals surface area contributed by atoms with E-state index in [2.05, 4.69) is 27.5 Å². The van der Waals surface area contributed by atoms with Gasteiger partial charge in [0.2, 0.25) is 11.8 Å². The number of hydrogen-bond donors (Lipinski definition) is 2. The van der Waals surface area contributed by atoms with E-state index in [4.69, 9.17) is 4.74 Å². The van der Waals surface area contributed by atoms with E-state index in [1.54, 1.807) is 13.2 Å². The molecule has 1 aliphatic rings. The summed E-state index contributed by atoms with van der Waals surface area (Å²) in [5.74, 6) is 1.59. The maximum atomic E-state index is 11.8.